The van der Waals surface area contributed by atoms with Crippen LogP contribution in [0.2, 0.25) is 0 Å². The van der Waals surface area contributed by atoms with Crippen molar-refractivity contribution in [3.63, 3.8) is 0 Å². The Kier molecular flexibility index (Phi) is 6.20. The summed E-state index contributed by atoms with van der Waals surface area (Å²) in [6.45, 7) is 8.01. The number of urea groups is 1. The van der Waals surface area contributed by atoms with Crippen molar-refractivity contribution in [2.75, 3.05) is 6.54 Å². The molecule has 0 aliphatic carbocycles. The van der Waals surface area contributed by atoms with Crippen molar-refractivity contribution < 1.29 is 9.90 Å². The Labute approximate surface area is 149 Å². The molecule has 1 aromatic carbocycles. The zero-order chi connectivity index (χ0) is 18.4. The molecular formula is C19H28N4O2. The molecule has 136 valence electrons. The molecule has 0 saturated carbocycles. The molecule has 0 fully saturated rings. The number of amides is 2. The lowest BCUT2D eigenvalue weighted by molar-refractivity contribution is 0.0443. The lowest BCUT2D eigenvalue weighted by Gasteiger charge is -2.30. The first-order chi connectivity index (χ1) is 11.7. The Hall–Kier alpha value is -2.34. The van der Waals surface area contributed by atoms with Crippen LogP contribution < -0.4 is 5.32 Å². The summed E-state index contributed by atoms with van der Waals surface area (Å²) in [5.74, 6) is 0. The zero-order valence-corrected chi connectivity index (χ0v) is 15.4. The molecule has 2 aromatic rings. The van der Waals surface area contributed by atoms with E-state index in [4.69, 9.17) is 0 Å². The van der Waals surface area contributed by atoms with Gasteiger partial charge in [0, 0.05) is 24.7 Å². The summed E-state index contributed by atoms with van der Waals surface area (Å²) < 4.78 is 0. The molecule has 0 bridgehead atoms. The number of carbonyl (C=O) groups is 1. The fraction of sp³-hybridized carbons (Fsp3) is 0.474. The van der Waals surface area contributed by atoms with E-state index in [1.807, 2.05) is 50.2 Å². The van der Waals surface area contributed by atoms with Crippen molar-refractivity contribution >= 4 is 6.03 Å². The quantitative estimate of drug-likeness (QED) is 0.722. The van der Waals surface area contributed by atoms with Crippen LogP contribution in [0.4, 0.5) is 4.79 Å². The van der Waals surface area contributed by atoms with E-state index in [1.165, 1.54) is 0 Å². The number of hydrogen-bond acceptors (Lipinski definition) is 3. The number of benzene rings is 1. The van der Waals surface area contributed by atoms with Crippen LogP contribution in [-0.2, 0) is 13.0 Å². The van der Waals surface area contributed by atoms with Gasteiger partial charge in [0.05, 0.1) is 17.8 Å². The van der Waals surface area contributed by atoms with Crippen molar-refractivity contribution in [1.29, 1.82) is 0 Å². The standard InChI is InChI=1S/C19H28N4O2/c1-14(10-17-11-15(2)21-22-17)20-18(24)23(13-19(3,4)25)12-16-8-6-5-7-9-16/h5-9,11,14,25H,10,12-13H2,1-4H3,(H,20,24)(H,21,22). The fourth-order valence-corrected chi connectivity index (χ4v) is 2.72. The van der Waals surface area contributed by atoms with E-state index in [-0.39, 0.29) is 18.6 Å². The van der Waals surface area contributed by atoms with Crippen molar-refractivity contribution in [3.8, 4) is 0 Å². The Morgan fingerprint density at radius 3 is 2.60 bits per heavy atom. The summed E-state index contributed by atoms with van der Waals surface area (Å²) in [5.41, 5.74) is 1.98. The first-order valence-electron chi connectivity index (χ1n) is 8.55. The van der Waals surface area contributed by atoms with Gasteiger partial charge in [-0.1, -0.05) is 30.3 Å². The molecule has 6 nitrogen and oxygen atoms in total. The van der Waals surface area contributed by atoms with Crippen molar-refractivity contribution in [3.05, 3.63) is 53.3 Å². The first-order valence-corrected chi connectivity index (χ1v) is 8.55. The van der Waals surface area contributed by atoms with Gasteiger partial charge in [0.1, 0.15) is 0 Å². The van der Waals surface area contributed by atoms with Gasteiger partial charge < -0.3 is 15.3 Å². The average Bonchev–Trinajstić information content (AvgIpc) is 2.91. The maximum atomic E-state index is 12.7. The predicted octanol–water partition coefficient (Wildman–Crippen LogP) is 2.63. The van der Waals surface area contributed by atoms with E-state index in [9.17, 15) is 9.90 Å². The third-order valence-corrected chi connectivity index (χ3v) is 3.73. The summed E-state index contributed by atoms with van der Waals surface area (Å²) in [6, 6.07) is 11.5. The lowest BCUT2D eigenvalue weighted by atomic mass is 10.1. The number of hydrogen-bond donors (Lipinski definition) is 3. The van der Waals surface area contributed by atoms with Crippen LogP contribution in [0.3, 0.4) is 0 Å². The Morgan fingerprint density at radius 1 is 1.36 bits per heavy atom. The first kappa shape index (κ1) is 19.0. The van der Waals surface area contributed by atoms with Crippen LogP contribution in [0.1, 0.15) is 37.7 Å². The second kappa shape index (κ2) is 8.16. The minimum Gasteiger partial charge on any atom is -0.389 e. The van der Waals surface area contributed by atoms with E-state index in [0.29, 0.717) is 13.0 Å². The molecule has 1 atom stereocenters. The smallest absolute Gasteiger partial charge is 0.318 e. The van der Waals surface area contributed by atoms with Crippen LogP contribution in [0.5, 0.6) is 0 Å². The Bertz CT molecular complexity index is 676. The molecular weight excluding hydrogens is 316 g/mol. The number of H-pyrrole nitrogens is 1. The van der Waals surface area contributed by atoms with Gasteiger partial charge in [0.25, 0.3) is 0 Å². The number of aromatic amines is 1. The number of rotatable bonds is 7. The predicted molar refractivity (Wildman–Crippen MR) is 98.2 cm³/mol. The van der Waals surface area contributed by atoms with Crippen LogP contribution in [0.25, 0.3) is 0 Å². The molecule has 3 N–H and O–H groups in total. The molecule has 6 heteroatoms. The third kappa shape index (κ3) is 6.58. The average molecular weight is 344 g/mol. The number of aliphatic hydroxyl groups is 1. The topological polar surface area (TPSA) is 81.2 Å². The number of aryl methyl sites for hydroxylation is 1. The summed E-state index contributed by atoms with van der Waals surface area (Å²) in [4.78, 5) is 14.3. The molecule has 0 radical (unpaired) electrons. The summed E-state index contributed by atoms with van der Waals surface area (Å²) in [6.07, 6.45) is 0.651. The van der Waals surface area contributed by atoms with Crippen LogP contribution >= 0.6 is 0 Å². The number of nitrogens with one attached hydrogen (secondary N) is 2. The highest BCUT2D eigenvalue weighted by Crippen LogP contribution is 2.11. The van der Waals surface area contributed by atoms with Gasteiger partial charge in [-0.25, -0.2) is 4.79 Å². The van der Waals surface area contributed by atoms with Gasteiger partial charge in [-0.2, -0.15) is 5.10 Å². The van der Waals surface area contributed by atoms with E-state index in [1.54, 1.807) is 18.7 Å². The molecule has 0 spiro atoms. The van der Waals surface area contributed by atoms with Gasteiger partial charge >= 0.3 is 6.03 Å². The van der Waals surface area contributed by atoms with E-state index >= 15 is 0 Å². The monoisotopic (exact) mass is 344 g/mol. The van der Waals surface area contributed by atoms with Crippen LogP contribution in [0.15, 0.2) is 36.4 Å². The molecule has 0 aliphatic heterocycles. The van der Waals surface area contributed by atoms with Gasteiger partial charge in [-0.3, -0.25) is 5.10 Å². The summed E-state index contributed by atoms with van der Waals surface area (Å²) in [5, 5.41) is 20.3. The molecule has 2 rings (SSSR count). The molecule has 1 heterocycles. The lowest BCUT2D eigenvalue weighted by Crippen LogP contribution is -2.49. The number of aromatic nitrogens is 2. The van der Waals surface area contributed by atoms with Gasteiger partial charge in [-0.15, -0.1) is 0 Å². The van der Waals surface area contributed by atoms with Gasteiger partial charge in [0.15, 0.2) is 0 Å². The third-order valence-electron chi connectivity index (χ3n) is 3.73. The molecule has 0 saturated heterocycles. The van der Waals surface area contributed by atoms with Crippen molar-refractivity contribution in [2.24, 2.45) is 0 Å². The number of carbonyl (C=O) groups excluding carboxylic acids is 1. The van der Waals surface area contributed by atoms with Crippen LogP contribution in [0, 0.1) is 6.92 Å². The van der Waals surface area contributed by atoms with E-state index in [0.717, 1.165) is 17.0 Å². The Balaban J connectivity index is 2.00. The zero-order valence-electron chi connectivity index (χ0n) is 15.4. The summed E-state index contributed by atoms with van der Waals surface area (Å²) in [7, 11) is 0. The molecule has 1 aromatic heterocycles. The van der Waals surface area contributed by atoms with Crippen molar-refractivity contribution in [2.45, 2.75) is 52.3 Å². The van der Waals surface area contributed by atoms with Crippen LogP contribution in [-0.4, -0.2) is 44.4 Å². The van der Waals surface area contributed by atoms with Crippen molar-refractivity contribution in [1.82, 2.24) is 20.4 Å². The minimum atomic E-state index is -0.964. The highest BCUT2D eigenvalue weighted by molar-refractivity contribution is 5.74. The summed E-state index contributed by atoms with van der Waals surface area (Å²) >= 11 is 0. The molecule has 1 unspecified atom stereocenters. The minimum absolute atomic E-state index is 0.0599. The second-order valence-electron chi connectivity index (χ2n) is 7.25. The molecule has 25 heavy (non-hydrogen) atoms. The second-order valence-corrected chi connectivity index (χ2v) is 7.25. The van der Waals surface area contributed by atoms with E-state index in [2.05, 4.69) is 15.5 Å². The normalized spacial score (nSPS) is 12.7. The fourth-order valence-electron chi connectivity index (χ4n) is 2.72. The van der Waals surface area contributed by atoms with Gasteiger partial charge in [0.2, 0.25) is 0 Å². The van der Waals surface area contributed by atoms with E-state index < -0.39 is 5.60 Å². The maximum Gasteiger partial charge on any atom is 0.318 e. The van der Waals surface area contributed by atoms with Gasteiger partial charge in [-0.05, 0) is 39.3 Å². The largest absolute Gasteiger partial charge is 0.389 e. The Morgan fingerprint density at radius 2 is 2.04 bits per heavy atom. The molecule has 2 amide bonds. The SMILES string of the molecule is Cc1cc(CC(C)NC(=O)N(Cc2ccccc2)CC(C)(C)O)n[nH]1. The molecule has 0 aliphatic rings. The highest BCUT2D eigenvalue weighted by Gasteiger charge is 2.23. The maximum absolute atomic E-state index is 12.7. The number of nitrogens with zero attached hydrogens (tertiary/aromatic N) is 2. The highest BCUT2D eigenvalue weighted by atomic mass is 16.3.